The molecule has 0 aliphatic carbocycles. The molecule has 2 N–H and O–H groups in total. The number of ether oxygens (including phenoxy) is 2. The molecule has 0 saturated carbocycles. The molecule has 1 aliphatic heterocycles. The molecule has 0 fully saturated rings. The molecular formula is C23H36N4O5. The zero-order chi connectivity index (χ0) is 23.8. The quantitative estimate of drug-likeness (QED) is 0.737. The van der Waals surface area contributed by atoms with Gasteiger partial charge < -0.3 is 29.9 Å². The van der Waals surface area contributed by atoms with Crippen LogP contribution in [0, 0.1) is 5.92 Å². The summed E-state index contributed by atoms with van der Waals surface area (Å²) >= 11 is 0. The number of amides is 4. The predicted molar refractivity (Wildman–Crippen MR) is 123 cm³/mol. The van der Waals surface area contributed by atoms with E-state index in [4.69, 9.17) is 9.47 Å². The summed E-state index contributed by atoms with van der Waals surface area (Å²) in [5, 5.41) is 5.65. The molecule has 1 aromatic carbocycles. The van der Waals surface area contributed by atoms with Crippen LogP contribution in [0.3, 0.4) is 0 Å². The maximum Gasteiger partial charge on any atom is 0.317 e. The lowest BCUT2D eigenvalue weighted by Gasteiger charge is -2.36. The van der Waals surface area contributed by atoms with Crippen molar-refractivity contribution in [2.75, 3.05) is 45.7 Å². The third-order valence-electron chi connectivity index (χ3n) is 5.55. The number of nitrogens with one attached hydrogen (secondary N) is 2. The van der Waals surface area contributed by atoms with Gasteiger partial charge in [0.1, 0.15) is 12.4 Å². The molecule has 9 heteroatoms. The maximum absolute atomic E-state index is 13.2. The van der Waals surface area contributed by atoms with Gasteiger partial charge in [-0.15, -0.1) is 0 Å². The number of methoxy groups -OCH3 is 1. The molecule has 0 unspecified atom stereocenters. The average Bonchev–Trinajstić information content (AvgIpc) is 2.76. The number of anilines is 1. The normalized spacial score (nSPS) is 22.2. The molecular weight excluding hydrogens is 412 g/mol. The highest BCUT2D eigenvalue weighted by molar-refractivity contribution is 5.99. The summed E-state index contributed by atoms with van der Waals surface area (Å²) in [5.41, 5.74) is 0.856. The molecule has 32 heavy (non-hydrogen) atoms. The lowest BCUT2D eigenvalue weighted by atomic mass is 10.0. The molecule has 178 valence electrons. The highest BCUT2D eigenvalue weighted by atomic mass is 16.5. The minimum atomic E-state index is -0.264. The molecule has 0 spiro atoms. The lowest BCUT2D eigenvalue weighted by molar-refractivity contribution is -0.114. The standard InChI is InChI=1S/C23H36N4O5/c1-7-10-24-23(30)27-12-15(2)21(31-6)13-26(5)22(29)19-11-18(25-17(4)28)8-9-20(19)32-14-16(27)3/h8-9,11,15-16,21H,7,10,12-14H2,1-6H3,(H,24,30)(H,25,28)/t15-,16+,21+/m0/s1. The number of likely N-dealkylation sites (N-methyl/N-ethyl adjacent to an activating group) is 1. The first-order chi connectivity index (χ1) is 15.2. The minimum absolute atomic E-state index is 0.0188. The SMILES string of the molecule is CCCNC(=O)N1C[C@H](C)[C@H](OC)CN(C)C(=O)c2cc(NC(C)=O)ccc2OC[C@H]1C. The highest BCUT2D eigenvalue weighted by Crippen LogP contribution is 2.26. The fraction of sp³-hybridized carbons (Fsp3) is 0.609. The Morgan fingerprint density at radius 1 is 1.25 bits per heavy atom. The number of urea groups is 1. The maximum atomic E-state index is 13.2. The van der Waals surface area contributed by atoms with Gasteiger partial charge in [-0.2, -0.15) is 0 Å². The largest absolute Gasteiger partial charge is 0.491 e. The van der Waals surface area contributed by atoms with Crippen LogP contribution in [0.4, 0.5) is 10.5 Å². The van der Waals surface area contributed by atoms with Gasteiger partial charge in [0, 0.05) is 52.3 Å². The van der Waals surface area contributed by atoms with E-state index < -0.39 is 0 Å². The molecule has 0 saturated heterocycles. The van der Waals surface area contributed by atoms with Crippen molar-refractivity contribution >= 4 is 23.5 Å². The summed E-state index contributed by atoms with van der Waals surface area (Å²) in [5.74, 6) is -0.0725. The van der Waals surface area contributed by atoms with Crippen LogP contribution in [0.2, 0.25) is 0 Å². The Morgan fingerprint density at radius 3 is 2.59 bits per heavy atom. The molecule has 1 heterocycles. The van der Waals surface area contributed by atoms with Gasteiger partial charge in [-0.25, -0.2) is 4.79 Å². The van der Waals surface area contributed by atoms with Gasteiger partial charge in [0.25, 0.3) is 5.91 Å². The highest BCUT2D eigenvalue weighted by Gasteiger charge is 2.30. The number of benzene rings is 1. The molecule has 1 aliphatic rings. The fourth-order valence-electron chi connectivity index (χ4n) is 3.67. The number of hydrogen-bond acceptors (Lipinski definition) is 5. The summed E-state index contributed by atoms with van der Waals surface area (Å²) in [7, 11) is 3.32. The van der Waals surface area contributed by atoms with E-state index in [0.717, 1.165) is 6.42 Å². The third kappa shape index (κ3) is 6.59. The minimum Gasteiger partial charge on any atom is -0.491 e. The molecule has 3 atom stereocenters. The molecule has 2 rings (SSSR count). The molecule has 9 nitrogen and oxygen atoms in total. The fourth-order valence-corrected chi connectivity index (χ4v) is 3.67. The second-order valence-corrected chi connectivity index (χ2v) is 8.37. The Labute approximate surface area is 190 Å². The molecule has 0 bridgehead atoms. The second-order valence-electron chi connectivity index (χ2n) is 8.37. The number of hydrogen-bond donors (Lipinski definition) is 2. The Morgan fingerprint density at radius 2 is 1.97 bits per heavy atom. The first kappa shape index (κ1) is 25.5. The Bertz CT molecular complexity index is 816. The van der Waals surface area contributed by atoms with Gasteiger partial charge in [-0.3, -0.25) is 9.59 Å². The van der Waals surface area contributed by atoms with Crippen molar-refractivity contribution in [3.8, 4) is 5.75 Å². The van der Waals surface area contributed by atoms with Crippen molar-refractivity contribution in [3.05, 3.63) is 23.8 Å². The molecule has 0 radical (unpaired) electrons. The van der Waals surface area contributed by atoms with Gasteiger partial charge in [-0.05, 0) is 31.5 Å². The number of rotatable bonds is 4. The van der Waals surface area contributed by atoms with Crippen molar-refractivity contribution in [3.63, 3.8) is 0 Å². The van der Waals surface area contributed by atoms with Crippen LogP contribution in [-0.4, -0.2) is 80.2 Å². The average molecular weight is 449 g/mol. The van der Waals surface area contributed by atoms with E-state index in [1.165, 1.54) is 6.92 Å². The Kier molecular flexibility index (Phi) is 9.31. The van der Waals surface area contributed by atoms with E-state index in [0.29, 0.717) is 36.6 Å². The summed E-state index contributed by atoms with van der Waals surface area (Å²) < 4.78 is 11.7. The second kappa shape index (κ2) is 11.7. The first-order valence-electron chi connectivity index (χ1n) is 11.0. The van der Waals surface area contributed by atoms with Crippen LogP contribution in [0.25, 0.3) is 0 Å². The van der Waals surface area contributed by atoms with Gasteiger partial charge in [0.2, 0.25) is 5.91 Å². The number of fused-ring (bicyclic) bond motifs is 1. The van der Waals surface area contributed by atoms with E-state index in [9.17, 15) is 14.4 Å². The lowest BCUT2D eigenvalue weighted by Crippen LogP contribution is -2.51. The van der Waals surface area contributed by atoms with Crippen molar-refractivity contribution in [2.45, 2.75) is 46.3 Å². The summed E-state index contributed by atoms with van der Waals surface area (Å²) in [6.07, 6.45) is 0.581. The van der Waals surface area contributed by atoms with Gasteiger partial charge in [0.15, 0.2) is 0 Å². The van der Waals surface area contributed by atoms with E-state index in [1.54, 1.807) is 42.2 Å². The van der Waals surface area contributed by atoms with Crippen molar-refractivity contribution in [1.29, 1.82) is 0 Å². The topological polar surface area (TPSA) is 100 Å². The summed E-state index contributed by atoms with van der Waals surface area (Å²) in [6, 6.07) is 4.59. The first-order valence-corrected chi connectivity index (χ1v) is 11.0. The number of nitrogens with zero attached hydrogens (tertiary/aromatic N) is 2. The van der Waals surface area contributed by atoms with E-state index >= 15 is 0 Å². The third-order valence-corrected chi connectivity index (χ3v) is 5.55. The number of carbonyl (C=O) groups excluding carboxylic acids is 3. The smallest absolute Gasteiger partial charge is 0.317 e. The van der Waals surface area contributed by atoms with E-state index in [2.05, 4.69) is 10.6 Å². The van der Waals surface area contributed by atoms with Gasteiger partial charge in [0.05, 0.1) is 17.7 Å². The zero-order valence-corrected chi connectivity index (χ0v) is 19.9. The van der Waals surface area contributed by atoms with Crippen LogP contribution in [0.15, 0.2) is 18.2 Å². The molecule has 0 aromatic heterocycles. The Balaban J connectivity index is 2.42. The predicted octanol–water partition coefficient (Wildman–Crippen LogP) is 2.57. The van der Waals surface area contributed by atoms with Gasteiger partial charge >= 0.3 is 6.03 Å². The van der Waals surface area contributed by atoms with Crippen molar-refractivity contribution in [1.82, 2.24) is 15.1 Å². The summed E-state index contributed by atoms with van der Waals surface area (Å²) in [6.45, 7) is 8.97. The van der Waals surface area contributed by atoms with Crippen molar-refractivity contribution in [2.24, 2.45) is 5.92 Å². The van der Waals surface area contributed by atoms with Crippen LogP contribution in [0.5, 0.6) is 5.75 Å². The van der Waals surface area contributed by atoms with Crippen LogP contribution < -0.4 is 15.4 Å². The zero-order valence-electron chi connectivity index (χ0n) is 19.9. The molecule has 1 aromatic rings. The molecule has 4 amide bonds. The number of carbonyl (C=O) groups is 3. The monoisotopic (exact) mass is 448 g/mol. The van der Waals surface area contributed by atoms with E-state index in [1.807, 2.05) is 20.8 Å². The van der Waals surface area contributed by atoms with Crippen molar-refractivity contribution < 1.29 is 23.9 Å². The Hall–Kier alpha value is -2.81. The van der Waals surface area contributed by atoms with E-state index in [-0.39, 0.29) is 42.5 Å². The van der Waals surface area contributed by atoms with Crippen LogP contribution >= 0.6 is 0 Å². The van der Waals surface area contributed by atoms with Crippen LogP contribution in [-0.2, 0) is 9.53 Å². The summed E-state index contributed by atoms with van der Waals surface area (Å²) in [4.78, 5) is 40.9. The van der Waals surface area contributed by atoms with Gasteiger partial charge in [-0.1, -0.05) is 13.8 Å². The van der Waals surface area contributed by atoms with Crippen LogP contribution in [0.1, 0.15) is 44.5 Å².